The third-order valence-electron chi connectivity index (χ3n) is 3.97. The highest BCUT2D eigenvalue weighted by atomic mass is 16.5. The van der Waals surface area contributed by atoms with E-state index in [2.05, 4.69) is 43.3 Å². The summed E-state index contributed by atoms with van der Waals surface area (Å²) in [6.45, 7) is 2.69. The molecule has 22 heavy (non-hydrogen) atoms. The van der Waals surface area contributed by atoms with Crippen LogP contribution < -0.4 is 0 Å². The lowest BCUT2D eigenvalue weighted by atomic mass is 9.95. The number of rotatable bonds is 9. The zero-order valence-electron chi connectivity index (χ0n) is 13.2. The number of carbonyl (C=O) groups excluding carboxylic acids is 1. The Kier molecular flexibility index (Phi) is 6.85. The van der Waals surface area contributed by atoms with Gasteiger partial charge in [0.2, 0.25) is 0 Å². The fourth-order valence-corrected chi connectivity index (χ4v) is 2.57. The van der Waals surface area contributed by atoms with Crippen molar-refractivity contribution in [2.45, 2.75) is 38.9 Å². The van der Waals surface area contributed by atoms with Crippen LogP contribution in [0.3, 0.4) is 0 Å². The van der Waals surface area contributed by atoms with Crippen molar-refractivity contribution >= 4 is 6.29 Å². The van der Waals surface area contributed by atoms with E-state index in [0.717, 1.165) is 19.1 Å². The molecule has 0 N–H and O–H groups in total. The molecule has 0 amide bonds. The number of hydrogen-bond donors (Lipinski definition) is 0. The molecule has 0 aliphatic rings. The van der Waals surface area contributed by atoms with Crippen molar-refractivity contribution in [2.24, 2.45) is 5.92 Å². The number of ether oxygens (including phenoxy) is 1. The number of hydrogen-bond acceptors (Lipinski definition) is 2. The van der Waals surface area contributed by atoms with E-state index in [1.807, 2.05) is 24.3 Å². The van der Waals surface area contributed by atoms with Gasteiger partial charge in [-0.2, -0.15) is 0 Å². The number of carbonyl (C=O) groups is 1. The Morgan fingerprint density at radius 1 is 0.955 bits per heavy atom. The minimum Gasteiger partial charge on any atom is -0.373 e. The van der Waals surface area contributed by atoms with Gasteiger partial charge in [-0.1, -0.05) is 67.6 Å². The Bertz CT molecular complexity index is 493. The maximum Gasteiger partial charge on any atom is 0.120 e. The van der Waals surface area contributed by atoms with Gasteiger partial charge in [-0.25, -0.2) is 0 Å². The standard InChI is InChI=1S/C20H24O2/c1-17(14-15-21)20(13-12-18-8-4-2-5-9-18)22-16-19-10-6-3-7-11-19/h2-11,15,17,20H,12-14,16H2,1H3/t17-,20+/m1/s1. The molecule has 2 atom stereocenters. The Balaban J connectivity index is 1.92. The van der Waals surface area contributed by atoms with Crippen LogP contribution in [0.5, 0.6) is 0 Å². The lowest BCUT2D eigenvalue weighted by Gasteiger charge is -2.23. The lowest BCUT2D eigenvalue weighted by Crippen LogP contribution is -2.23. The molecule has 0 aromatic heterocycles. The molecule has 0 aliphatic carbocycles. The van der Waals surface area contributed by atoms with Gasteiger partial charge < -0.3 is 9.53 Å². The van der Waals surface area contributed by atoms with Gasteiger partial charge in [-0.3, -0.25) is 0 Å². The molecule has 2 heteroatoms. The van der Waals surface area contributed by atoms with Gasteiger partial charge in [0.25, 0.3) is 0 Å². The molecule has 0 heterocycles. The van der Waals surface area contributed by atoms with Gasteiger partial charge in [-0.05, 0) is 29.9 Å². The summed E-state index contributed by atoms with van der Waals surface area (Å²) in [7, 11) is 0. The first kappa shape index (κ1) is 16.4. The molecular formula is C20H24O2. The predicted molar refractivity (Wildman–Crippen MR) is 89.6 cm³/mol. The summed E-state index contributed by atoms with van der Waals surface area (Å²) in [6, 6.07) is 20.6. The molecule has 2 aromatic carbocycles. The van der Waals surface area contributed by atoms with Crippen LogP contribution in [0, 0.1) is 5.92 Å². The molecule has 0 radical (unpaired) electrons. The summed E-state index contributed by atoms with van der Waals surface area (Å²) in [6.07, 6.45) is 3.56. The van der Waals surface area contributed by atoms with E-state index in [0.29, 0.717) is 13.0 Å². The summed E-state index contributed by atoms with van der Waals surface area (Å²) in [5.41, 5.74) is 2.49. The van der Waals surface area contributed by atoms with Gasteiger partial charge in [-0.15, -0.1) is 0 Å². The van der Waals surface area contributed by atoms with E-state index < -0.39 is 0 Å². The third kappa shape index (κ3) is 5.45. The summed E-state index contributed by atoms with van der Waals surface area (Å²) >= 11 is 0. The highest BCUT2D eigenvalue weighted by Crippen LogP contribution is 2.19. The van der Waals surface area contributed by atoms with E-state index in [4.69, 9.17) is 4.74 Å². The molecule has 0 spiro atoms. The first-order valence-corrected chi connectivity index (χ1v) is 7.92. The minimum absolute atomic E-state index is 0.102. The van der Waals surface area contributed by atoms with Gasteiger partial charge in [0.1, 0.15) is 6.29 Å². The second-order valence-corrected chi connectivity index (χ2v) is 5.74. The number of aryl methyl sites for hydroxylation is 1. The molecule has 0 saturated carbocycles. The fraction of sp³-hybridized carbons (Fsp3) is 0.350. The minimum atomic E-state index is 0.102. The van der Waals surface area contributed by atoms with Crippen molar-refractivity contribution in [1.29, 1.82) is 0 Å². The smallest absolute Gasteiger partial charge is 0.120 e. The highest BCUT2D eigenvalue weighted by Gasteiger charge is 2.17. The highest BCUT2D eigenvalue weighted by molar-refractivity contribution is 5.49. The van der Waals surface area contributed by atoms with Crippen LogP contribution in [0.15, 0.2) is 60.7 Å². The Labute approximate surface area is 133 Å². The van der Waals surface area contributed by atoms with Crippen LogP contribution in [0.1, 0.15) is 30.9 Å². The first-order valence-electron chi connectivity index (χ1n) is 7.92. The SMILES string of the molecule is C[C@H](CC=O)[C@H](CCc1ccccc1)OCc1ccccc1. The molecule has 2 nitrogen and oxygen atoms in total. The van der Waals surface area contributed by atoms with Crippen molar-refractivity contribution in [2.75, 3.05) is 0 Å². The Morgan fingerprint density at radius 2 is 1.55 bits per heavy atom. The second-order valence-electron chi connectivity index (χ2n) is 5.74. The first-order chi connectivity index (χ1) is 10.8. The van der Waals surface area contributed by atoms with Crippen LogP contribution in [-0.4, -0.2) is 12.4 Å². The molecule has 0 bridgehead atoms. The Hall–Kier alpha value is -1.93. The lowest BCUT2D eigenvalue weighted by molar-refractivity contribution is -0.110. The molecule has 0 fully saturated rings. The molecule has 0 saturated heterocycles. The summed E-state index contributed by atoms with van der Waals surface area (Å²) in [5.74, 6) is 0.241. The fourth-order valence-electron chi connectivity index (χ4n) is 2.57. The van der Waals surface area contributed by atoms with Crippen molar-refractivity contribution in [3.8, 4) is 0 Å². The molecule has 0 unspecified atom stereocenters. The largest absolute Gasteiger partial charge is 0.373 e. The van der Waals surface area contributed by atoms with E-state index >= 15 is 0 Å². The van der Waals surface area contributed by atoms with Crippen LogP contribution in [0.2, 0.25) is 0 Å². The van der Waals surface area contributed by atoms with Gasteiger partial charge in [0.15, 0.2) is 0 Å². The average molecular weight is 296 g/mol. The van der Waals surface area contributed by atoms with Crippen LogP contribution in [0.4, 0.5) is 0 Å². The number of aldehydes is 1. The topological polar surface area (TPSA) is 26.3 Å². The average Bonchev–Trinajstić information content (AvgIpc) is 2.57. The van der Waals surface area contributed by atoms with Gasteiger partial charge in [0, 0.05) is 6.42 Å². The third-order valence-corrected chi connectivity index (χ3v) is 3.97. The molecule has 2 aromatic rings. The summed E-state index contributed by atoms with van der Waals surface area (Å²) in [5, 5.41) is 0. The number of benzene rings is 2. The quantitative estimate of drug-likeness (QED) is 0.640. The van der Waals surface area contributed by atoms with Crippen molar-refractivity contribution in [3.05, 3.63) is 71.8 Å². The molecule has 116 valence electrons. The van der Waals surface area contributed by atoms with Crippen molar-refractivity contribution < 1.29 is 9.53 Å². The van der Waals surface area contributed by atoms with Crippen LogP contribution in [0.25, 0.3) is 0 Å². The summed E-state index contributed by atoms with van der Waals surface area (Å²) in [4.78, 5) is 10.8. The van der Waals surface area contributed by atoms with E-state index in [1.165, 1.54) is 11.1 Å². The zero-order chi connectivity index (χ0) is 15.6. The normalized spacial score (nSPS) is 13.5. The Morgan fingerprint density at radius 3 is 2.14 bits per heavy atom. The van der Waals surface area contributed by atoms with Gasteiger partial charge in [0.05, 0.1) is 12.7 Å². The zero-order valence-corrected chi connectivity index (χ0v) is 13.2. The molecular weight excluding hydrogens is 272 g/mol. The second kappa shape index (κ2) is 9.16. The van der Waals surface area contributed by atoms with Gasteiger partial charge >= 0.3 is 0 Å². The monoisotopic (exact) mass is 296 g/mol. The maximum absolute atomic E-state index is 10.8. The molecule has 2 rings (SSSR count). The predicted octanol–water partition coefficient (Wildman–Crippen LogP) is 4.43. The van der Waals surface area contributed by atoms with E-state index in [1.54, 1.807) is 0 Å². The van der Waals surface area contributed by atoms with E-state index in [9.17, 15) is 4.79 Å². The van der Waals surface area contributed by atoms with Crippen LogP contribution >= 0.6 is 0 Å². The maximum atomic E-state index is 10.8. The van der Waals surface area contributed by atoms with Crippen LogP contribution in [-0.2, 0) is 22.6 Å². The van der Waals surface area contributed by atoms with E-state index in [-0.39, 0.29) is 12.0 Å². The summed E-state index contributed by atoms with van der Waals surface area (Å²) < 4.78 is 6.11. The molecule has 0 aliphatic heterocycles. The van der Waals surface area contributed by atoms with Crippen molar-refractivity contribution in [3.63, 3.8) is 0 Å². The van der Waals surface area contributed by atoms with Crippen molar-refractivity contribution in [1.82, 2.24) is 0 Å².